The van der Waals surface area contributed by atoms with Crippen molar-refractivity contribution >= 4 is 28.2 Å². The molecule has 0 spiro atoms. The average molecular weight is 284 g/mol. The Kier molecular flexibility index (Phi) is 4.60. The molecule has 1 unspecified atom stereocenters. The third-order valence-electron chi connectivity index (χ3n) is 3.15. The summed E-state index contributed by atoms with van der Waals surface area (Å²) < 4.78 is 5.30. The van der Waals surface area contributed by atoms with Crippen molar-refractivity contribution in [1.82, 2.24) is 9.88 Å². The van der Waals surface area contributed by atoms with E-state index in [1.165, 1.54) is 11.3 Å². The molecule has 1 aliphatic heterocycles. The van der Waals surface area contributed by atoms with Crippen LogP contribution in [0.4, 0.5) is 10.9 Å². The second-order valence-corrected chi connectivity index (χ2v) is 5.59. The Bertz CT molecular complexity index is 443. The monoisotopic (exact) mass is 284 g/mol. The van der Waals surface area contributed by atoms with E-state index in [1.807, 2.05) is 0 Å². The highest BCUT2D eigenvalue weighted by atomic mass is 32.1. The fraction of sp³-hybridized carbons (Fsp3) is 0.667. The van der Waals surface area contributed by atoms with Crippen LogP contribution in [0.1, 0.15) is 29.4 Å². The Morgan fingerprint density at radius 3 is 3.11 bits per heavy atom. The maximum atomic E-state index is 12.4. The summed E-state index contributed by atoms with van der Waals surface area (Å²) in [5, 5.41) is 3.86. The highest BCUT2D eigenvalue weighted by Gasteiger charge is 2.27. The quantitative estimate of drug-likeness (QED) is 0.854. The first kappa shape index (κ1) is 14.1. The summed E-state index contributed by atoms with van der Waals surface area (Å²) in [4.78, 5) is 18.8. The highest BCUT2D eigenvalue weighted by molar-refractivity contribution is 7.18. The molecule has 6 nitrogen and oxygen atoms in total. The number of carbonyl (C=O) groups is 1. The van der Waals surface area contributed by atoms with Crippen molar-refractivity contribution < 1.29 is 9.53 Å². The third-order valence-corrected chi connectivity index (χ3v) is 4.16. The zero-order valence-electron chi connectivity index (χ0n) is 11.3. The molecule has 1 aromatic heterocycles. The Morgan fingerprint density at radius 1 is 1.68 bits per heavy atom. The van der Waals surface area contributed by atoms with E-state index in [4.69, 9.17) is 10.5 Å². The van der Waals surface area contributed by atoms with Gasteiger partial charge in [0.2, 0.25) is 0 Å². The predicted octanol–water partition coefficient (Wildman–Crippen LogP) is 1.41. The molecule has 0 radical (unpaired) electrons. The number of rotatable bonds is 5. The molecule has 2 heterocycles. The second kappa shape index (κ2) is 6.21. The molecular weight excluding hydrogens is 264 g/mol. The lowest BCUT2D eigenvalue weighted by Gasteiger charge is -2.22. The van der Waals surface area contributed by atoms with Gasteiger partial charge in [0.05, 0.1) is 12.6 Å². The number of likely N-dealkylation sites (N-methyl/N-ethyl adjacent to an activating group) is 1. The van der Waals surface area contributed by atoms with Gasteiger partial charge in [0, 0.05) is 20.2 Å². The molecule has 1 saturated heterocycles. The number of nitrogens with one attached hydrogen (secondary N) is 1. The molecule has 0 bridgehead atoms. The van der Waals surface area contributed by atoms with Crippen LogP contribution in [0.3, 0.4) is 0 Å². The Balaban J connectivity index is 2.07. The minimum atomic E-state index is -0.0740. The zero-order valence-corrected chi connectivity index (χ0v) is 12.1. The number of ether oxygens (including phenoxy) is 1. The topological polar surface area (TPSA) is 80.5 Å². The van der Waals surface area contributed by atoms with E-state index in [0.717, 1.165) is 19.4 Å². The van der Waals surface area contributed by atoms with Gasteiger partial charge in [-0.3, -0.25) is 4.79 Å². The van der Waals surface area contributed by atoms with Crippen LogP contribution >= 0.6 is 11.3 Å². The van der Waals surface area contributed by atoms with Crippen molar-refractivity contribution in [3.63, 3.8) is 0 Å². The minimum absolute atomic E-state index is 0.0740. The van der Waals surface area contributed by atoms with E-state index in [9.17, 15) is 4.79 Å². The van der Waals surface area contributed by atoms with Gasteiger partial charge in [0.25, 0.3) is 5.91 Å². The van der Waals surface area contributed by atoms with Gasteiger partial charge in [0.1, 0.15) is 10.7 Å². The number of thiazole rings is 1. The number of nitrogen functional groups attached to an aromatic ring is 1. The lowest BCUT2D eigenvalue weighted by Crippen LogP contribution is -2.37. The molecule has 1 aliphatic rings. The summed E-state index contributed by atoms with van der Waals surface area (Å²) in [7, 11) is 1.79. The van der Waals surface area contributed by atoms with Crippen molar-refractivity contribution in [2.75, 3.05) is 37.9 Å². The first-order chi connectivity index (χ1) is 9.13. The summed E-state index contributed by atoms with van der Waals surface area (Å²) in [5.74, 6) is 0.231. The van der Waals surface area contributed by atoms with Crippen molar-refractivity contribution in [1.29, 1.82) is 0 Å². The van der Waals surface area contributed by atoms with Gasteiger partial charge in [-0.1, -0.05) is 18.3 Å². The van der Waals surface area contributed by atoms with Crippen LogP contribution in [-0.2, 0) is 4.74 Å². The smallest absolute Gasteiger partial charge is 0.267 e. The number of carbonyl (C=O) groups excluding carboxylic acids is 1. The Hall–Kier alpha value is -1.34. The van der Waals surface area contributed by atoms with Gasteiger partial charge in [-0.15, -0.1) is 0 Å². The van der Waals surface area contributed by atoms with Crippen LogP contribution in [0.25, 0.3) is 0 Å². The Morgan fingerprint density at radius 2 is 2.47 bits per heavy atom. The number of aromatic nitrogens is 1. The lowest BCUT2D eigenvalue weighted by molar-refractivity contribution is 0.0717. The van der Waals surface area contributed by atoms with Crippen LogP contribution in [-0.4, -0.2) is 48.6 Å². The van der Waals surface area contributed by atoms with Gasteiger partial charge in [-0.2, -0.15) is 0 Å². The van der Waals surface area contributed by atoms with Crippen molar-refractivity contribution in [3.05, 3.63) is 4.88 Å². The maximum absolute atomic E-state index is 12.4. The van der Waals surface area contributed by atoms with Crippen LogP contribution in [0, 0.1) is 0 Å². The van der Waals surface area contributed by atoms with E-state index < -0.39 is 0 Å². The summed E-state index contributed by atoms with van der Waals surface area (Å²) in [5.41, 5.74) is 5.83. The van der Waals surface area contributed by atoms with Gasteiger partial charge in [-0.05, 0) is 12.8 Å². The number of nitrogens with zero attached hydrogens (tertiary/aromatic N) is 2. The fourth-order valence-electron chi connectivity index (χ4n) is 1.95. The van der Waals surface area contributed by atoms with Crippen LogP contribution in [0.2, 0.25) is 0 Å². The van der Waals surface area contributed by atoms with Gasteiger partial charge < -0.3 is 20.7 Å². The summed E-state index contributed by atoms with van der Waals surface area (Å²) in [6, 6.07) is 0.140. The number of nitrogens with two attached hydrogens (primary N) is 1. The molecule has 2 rings (SSSR count). The van der Waals surface area contributed by atoms with Crippen molar-refractivity contribution in [2.45, 2.75) is 25.8 Å². The molecule has 1 atom stereocenters. The first-order valence-corrected chi connectivity index (χ1v) is 7.30. The van der Waals surface area contributed by atoms with E-state index >= 15 is 0 Å². The standard InChI is InChI=1S/C12H20N4O2S/c1-3-5-14-12-15-10(13)9(19-12)11(17)16(2)8-4-6-18-7-8/h8H,3-7,13H2,1-2H3,(H,14,15). The molecule has 106 valence electrons. The number of amides is 1. The molecule has 7 heteroatoms. The fourth-order valence-corrected chi connectivity index (χ4v) is 2.84. The van der Waals surface area contributed by atoms with E-state index in [0.29, 0.717) is 29.0 Å². The van der Waals surface area contributed by atoms with E-state index in [-0.39, 0.29) is 11.9 Å². The lowest BCUT2D eigenvalue weighted by atomic mass is 10.2. The summed E-state index contributed by atoms with van der Waals surface area (Å²) in [6.07, 6.45) is 1.88. The first-order valence-electron chi connectivity index (χ1n) is 6.48. The second-order valence-electron chi connectivity index (χ2n) is 4.59. The average Bonchev–Trinajstić information content (AvgIpc) is 3.04. The zero-order chi connectivity index (χ0) is 13.8. The number of hydrogen-bond acceptors (Lipinski definition) is 6. The minimum Gasteiger partial charge on any atom is -0.382 e. The SMILES string of the molecule is CCCNc1nc(N)c(C(=O)N(C)C2CCOC2)s1. The normalized spacial score (nSPS) is 18.5. The van der Waals surface area contributed by atoms with Crippen molar-refractivity contribution in [3.8, 4) is 0 Å². The van der Waals surface area contributed by atoms with Gasteiger partial charge in [-0.25, -0.2) is 4.98 Å². The number of anilines is 2. The molecule has 0 aliphatic carbocycles. The highest BCUT2D eigenvalue weighted by Crippen LogP contribution is 2.27. The van der Waals surface area contributed by atoms with Gasteiger partial charge >= 0.3 is 0 Å². The summed E-state index contributed by atoms with van der Waals surface area (Å²) >= 11 is 1.32. The molecule has 1 amide bonds. The Labute approximate surface area is 116 Å². The van der Waals surface area contributed by atoms with Gasteiger partial charge in [0.15, 0.2) is 5.13 Å². The third kappa shape index (κ3) is 3.16. The molecule has 0 saturated carbocycles. The van der Waals surface area contributed by atoms with E-state index in [2.05, 4.69) is 17.2 Å². The molecular formula is C12H20N4O2S. The maximum Gasteiger partial charge on any atom is 0.267 e. The molecule has 1 aromatic rings. The molecule has 3 N–H and O–H groups in total. The molecule has 1 fully saturated rings. The van der Waals surface area contributed by atoms with Crippen molar-refractivity contribution in [2.24, 2.45) is 0 Å². The van der Waals surface area contributed by atoms with Crippen LogP contribution in [0.15, 0.2) is 0 Å². The molecule has 0 aromatic carbocycles. The van der Waals surface area contributed by atoms with E-state index in [1.54, 1.807) is 11.9 Å². The van der Waals surface area contributed by atoms with Crippen LogP contribution < -0.4 is 11.1 Å². The molecule has 19 heavy (non-hydrogen) atoms. The predicted molar refractivity (Wildman–Crippen MR) is 76.6 cm³/mol. The summed E-state index contributed by atoms with van der Waals surface area (Å²) in [6.45, 7) is 4.21. The largest absolute Gasteiger partial charge is 0.382 e. The number of hydrogen-bond donors (Lipinski definition) is 2. The van der Waals surface area contributed by atoms with Crippen LogP contribution in [0.5, 0.6) is 0 Å².